The summed E-state index contributed by atoms with van der Waals surface area (Å²) in [6.07, 6.45) is 1.68. The third-order valence-electron chi connectivity index (χ3n) is 2.58. The maximum absolute atomic E-state index is 11.2. The smallest absolute Gasteiger partial charge is 0.223 e. The van der Waals surface area contributed by atoms with Gasteiger partial charge in [0.15, 0.2) is 5.75 Å². The molecule has 0 saturated carbocycles. The van der Waals surface area contributed by atoms with Crippen molar-refractivity contribution in [3.8, 4) is 5.75 Å². The molecule has 1 N–H and O–H groups in total. The molecule has 1 fully saturated rings. The molecule has 82 valence electrons. The Balaban J connectivity index is 2.35. The van der Waals surface area contributed by atoms with Crippen LogP contribution in [0.5, 0.6) is 5.75 Å². The summed E-state index contributed by atoms with van der Waals surface area (Å²) in [5.41, 5.74) is 0.237. The Morgan fingerprint density at radius 1 is 1.40 bits per heavy atom. The summed E-state index contributed by atoms with van der Waals surface area (Å²) in [6.45, 7) is 4.61. The third kappa shape index (κ3) is 1.83. The zero-order valence-electron chi connectivity index (χ0n) is 8.64. The Morgan fingerprint density at radius 3 is 2.73 bits per heavy atom. The molecule has 0 bridgehead atoms. The van der Waals surface area contributed by atoms with Gasteiger partial charge >= 0.3 is 0 Å². The number of ether oxygens (including phenoxy) is 1. The van der Waals surface area contributed by atoms with Crippen molar-refractivity contribution in [1.82, 2.24) is 4.68 Å². The number of aromatic nitrogens is 1. The average molecular weight is 210 g/mol. The third-order valence-corrected chi connectivity index (χ3v) is 2.58. The van der Waals surface area contributed by atoms with Crippen LogP contribution in [0.2, 0.25) is 0 Å². The van der Waals surface area contributed by atoms with Crippen molar-refractivity contribution in [3.63, 3.8) is 0 Å². The molecule has 1 aliphatic rings. The van der Waals surface area contributed by atoms with Gasteiger partial charge < -0.3 is 14.9 Å². The van der Waals surface area contributed by atoms with E-state index in [4.69, 9.17) is 4.74 Å². The quantitative estimate of drug-likeness (QED) is 0.699. The van der Waals surface area contributed by atoms with Gasteiger partial charge in [-0.3, -0.25) is 9.47 Å². The molecule has 0 aromatic carbocycles. The second-order valence-electron chi connectivity index (χ2n) is 3.52. The van der Waals surface area contributed by atoms with E-state index in [1.165, 1.54) is 6.07 Å². The van der Waals surface area contributed by atoms with Crippen LogP contribution in [0.3, 0.4) is 0 Å². The minimum atomic E-state index is -0.336. The van der Waals surface area contributed by atoms with Gasteiger partial charge in [-0.05, 0) is 6.92 Å². The molecule has 1 aromatic rings. The Bertz CT molecular complexity index is 408. The van der Waals surface area contributed by atoms with Gasteiger partial charge in [0.2, 0.25) is 5.43 Å². The van der Waals surface area contributed by atoms with E-state index in [1.54, 1.807) is 17.8 Å². The molecule has 5 heteroatoms. The summed E-state index contributed by atoms with van der Waals surface area (Å²) in [6, 6.07) is 1.37. The Labute approximate surface area is 87.5 Å². The molecular formula is C10H14N2O3. The molecule has 0 radical (unpaired) electrons. The first kappa shape index (κ1) is 10.0. The van der Waals surface area contributed by atoms with Crippen LogP contribution in [0.25, 0.3) is 0 Å². The van der Waals surface area contributed by atoms with Crippen LogP contribution >= 0.6 is 0 Å². The fourth-order valence-electron chi connectivity index (χ4n) is 1.69. The fraction of sp³-hybridized carbons (Fsp3) is 0.500. The summed E-state index contributed by atoms with van der Waals surface area (Å²) in [5, 5.41) is 11.6. The first-order valence-corrected chi connectivity index (χ1v) is 4.94. The van der Waals surface area contributed by atoms with E-state index < -0.39 is 0 Å². The topological polar surface area (TPSA) is 54.7 Å². The lowest BCUT2D eigenvalue weighted by atomic mass is 10.3. The molecule has 0 unspecified atom stereocenters. The van der Waals surface area contributed by atoms with Crippen molar-refractivity contribution in [2.45, 2.75) is 6.92 Å². The minimum Gasteiger partial charge on any atom is -0.503 e. The van der Waals surface area contributed by atoms with Crippen molar-refractivity contribution < 1.29 is 9.84 Å². The standard InChI is InChI=1S/C10H14N2O3/c1-8-10(14)9(13)2-3-12(8)11-4-6-15-7-5-11/h2-3,14H,4-7H2,1H3. The van der Waals surface area contributed by atoms with E-state index in [1.807, 2.05) is 5.01 Å². The molecule has 0 spiro atoms. The molecule has 1 aliphatic heterocycles. The van der Waals surface area contributed by atoms with Gasteiger partial charge in [0, 0.05) is 12.3 Å². The first-order valence-electron chi connectivity index (χ1n) is 4.94. The SMILES string of the molecule is Cc1c(O)c(=O)ccn1N1CCOCC1. The molecular weight excluding hydrogens is 196 g/mol. The Hall–Kier alpha value is -1.49. The molecule has 15 heavy (non-hydrogen) atoms. The molecule has 1 saturated heterocycles. The van der Waals surface area contributed by atoms with Gasteiger partial charge in [0.05, 0.1) is 32.0 Å². The van der Waals surface area contributed by atoms with Gasteiger partial charge in [-0.1, -0.05) is 0 Å². The summed E-state index contributed by atoms with van der Waals surface area (Å²) in [7, 11) is 0. The van der Waals surface area contributed by atoms with E-state index >= 15 is 0 Å². The maximum Gasteiger partial charge on any atom is 0.223 e. The van der Waals surface area contributed by atoms with Crippen LogP contribution in [0.15, 0.2) is 17.1 Å². The van der Waals surface area contributed by atoms with Crippen LogP contribution in [0.1, 0.15) is 5.69 Å². The second kappa shape index (κ2) is 3.94. The monoisotopic (exact) mass is 210 g/mol. The number of hydrogen-bond donors (Lipinski definition) is 1. The van der Waals surface area contributed by atoms with E-state index in [9.17, 15) is 9.90 Å². The summed E-state index contributed by atoms with van der Waals surface area (Å²) >= 11 is 0. The lowest BCUT2D eigenvalue weighted by Gasteiger charge is -2.32. The predicted molar refractivity (Wildman–Crippen MR) is 55.9 cm³/mol. The molecule has 0 aliphatic carbocycles. The highest BCUT2D eigenvalue weighted by Gasteiger charge is 2.13. The van der Waals surface area contributed by atoms with Crippen LogP contribution < -0.4 is 10.4 Å². The van der Waals surface area contributed by atoms with Gasteiger partial charge in [0.1, 0.15) is 0 Å². The van der Waals surface area contributed by atoms with E-state index in [0.29, 0.717) is 18.9 Å². The van der Waals surface area contributed by atoms with Gasteiger partial charge in [-0.25, -0.2) is 0 Å². The zero-order chi connectivity index (χ0) is 10.8. The number of aromatic hydroxyl groups is 1. The molecule has 2 rings (SSSR count). The average Bonchev–Trinajstić information content (AvgIpc) is 2.27. The van der Waals surface area contributed by atoms with E-state index in [0.717, 1.165) is 13.1 Å². The fourth-order valence-corrected chi connectivity index (χ4v) is 1.69. The lowest BCUT2D eigenvalue weighted by Crippen LogP contribution is -2.44. The predicted octanol–water partition coefficient (Wildman–Crippen LogP) is -0.169. The van der Waals surface area contributed by atoms with Gasteiger partial charge in [-0.2, -0.15) is 0 Å². The van der Waals surface area contributed by atoms with Gasteiger partial charge in [-0.15, -0.1) is 0 Å². The van der Waals surface area contributed by atoms with E-state index in [2.05, 4.69) is 0 Å². The lowest BCUT2D eigenvalue weighted by molar-refractivity contribution is 0.110. The number of morpholine rings is 1. The Morgan fingerprint density at radius 2 is 2.07 bits per heavy atom. The highest BCUT2D eigenvalue weighted by atomic mass is 16.5. The largest absolute Gasteiger partial charge is 0.503 e. The highest BCUT2D eigenvalue weighted by Crippen LogP contribution is 2.10. The van der Waals surface area contributed by atoms with Crippen LogP contribution in [0, 0.1) is 6.92 Å². The molecule has 2 heterocycles. The number of pyridine rings is 1. The van der Waals surface area contributed by atoms with Crippen molar-refractivity contribution in [3.05, 3.63) is 28.2 Å². The van der Waals surface area contributed by atoms with Crippen molar-refractivity contribution in [2.24, 2.45) is 0 Å². The minimum absolute atomic E-state index is 0.177. The first-order chi connectivity index (χ1) is 7.20. The normalized spacial score (nSPS) is 16.7. The maximum atomic E-state index is 11.2. The summed E-state index contributed by atoms with van der Waals surface area (Å²) < 4.78 is 7.04. The molecule has 5 nitrogen and oxygen atoms in total. The molecule has 0 atom stereocenters. The van der Waals surface area contributed by atoms with Crippen LogP contribution in [-0.4, -0.2) is 36.1 Å². The zero-order valence-corrected chi connectivity index (χ0v) is 8.64. The van der Waals surface area contributed by atoms with Crippen molar-refractivity contribution >= 4 is 0 Å². The van der Waals surface area contributed by atoms with Gasteiger partial charge in [0.25, 0.3) is 0 Å². The number of hydrogen-bond acceptors (Lipinski definition) is 4. The summed E-state index contributed by atoms with van der Waals surface area (Å²) in [4.78, 5) is 11.2. The molecule has 1 aromatic heterocycles. The van der Waals surface area contributed by atoms with E-state index in [-0.39, 0.29) is 11.2 Å². The Kier molecular flexibility index (Phi) is 2.64. The number of rotatable bonds is 1. The van der Waals surface area contributed by atoms with Crippen LogP contribution in [0.4, 0.5) is 0 Å². The molecule has 0 amide bonds. The number of nitrogens with zero attached hydrogens (tertiary/aromatic N) is 2. The summed E-state index contributed by atoms with van der Waals surface area (Å²) in [5.74, 6) is -0.177. The van der Waals surface area contributed by atoms with Crippen molar-refractivity contribution in [2.75, 3.05) is 31.3 Å². The van der Waals surface area contributed by atoms with Crippen LogP contribution in [-0.2, 0) is 4.74 Å². The highest BCUT2D eigenvalue weighted by molar-refractivity contribution is 5.26. The van der Waals surface area contributed by atoms with Crippen molar-refractivity contribution in [1.29, 1.82) is 0 Å². The second-order valence-corrected chi connectivity index (χ2v) is 3.52.